The summed E-state index contributed by atoms with van der Waals surface area (Å²) in [4.78, 5) is 0. The van der Waals surface area contributed by atoms with Crippen molar-refractivity contribution in [2.45, 2.75) is 44.1 Å². The zero-order chi connectivity index (χ0) is 10.3. The van der Waals surface area contributed by atoms with Crippen molar-refractivity contribution in [1.29, 1.82) is 0 Å². The summed E-state index contributed by atoms with van der Waals surface area (Å²) in [5, 5.41) is 10.6. The fraction of sp³-hybridized carbons (Fsp3) is 0.571. The first kappa shape index (κ1) is 9.41. The lowest BCUT2D eigenvalue weighted by Crippen LogP contribution is -2.46. The van der Waals surface area contributed by atoms with Crippen molar-refractivity contribution in [2.75, 3.05) is 0 Å². The van der Waals surface area contributed by atoms with Crippen LogP contribution in [-0.4, -0.2) is 10.7 Å². The van der Waals surface area contributed by atoms with Gasteiger partial charge >= 0.3 is 0 Å². The van der Waals surface area contributed by atoms with Crippen molar-refractivity contribution in [3.05, 3.63) is 35.4 Å². The van der Waals surface area contributed by atoms with Gasteiger partial charge in [0, 0.05) is 6.42 Å². The van der Waals surface area contributed by atoms with Crippen LogP contribution < -0.4 is 0 Å². The van der Waals surface area contributed by atoms with Crippen LogP contribution in [-0.2, 0) is 12.8 Å². The van der Waals surface area contributed by atoms with Gasteiger partial charge in [-0.15, -0.1) is 0 Å². The average Bonchev–Trinajstić information content (AvgIpc) is 2.14. The summed E-state index contributed by atoms with van der Waals surface area (Å²) in [6.45, 7) is 0. The molecule has 0 heterocycles. The van der Waals surface area contributed by atoms with E-state index in [4.69, 9.17) is 0 Å². The van der Waals surface area contributed by atoms with E-state index in [0.717, 1.165) is 19.3 Å². The highest BCUT2D eigenvalue weighted by Crippen LogP contribution is 2.43. The Kier molecular flexibility index (Phi) is 2.10. The first-order chi connectivity index (χ1) is 7.28. The second-order valence-corrected chi connectivity index (χ2v) is 5.18. The first-order valence-electron chi connectivity index (χ1n) is 6.07. The van der Waals surface area contributed by atoms with Crippen LogP contribution >= 0.6 is 0 Å². The molecule has 0 radical (unpaired) electrons. The van der Waals surface area contributed by atoms with E-state index >= 15 is 0 Å². The minimum Gasteiger partial charge on any atom is -0.389 e. The summed E-state index contributed by atoms with van der Waals surface area (Å²) in [5.74, 6) is 0.575. The molecule has 1 heteroatoms. The van der Waals surface area contributed by atoms with Crippen molar-refractivity contribution in [2.24, 2.45) is 5.92 Å². The Morgan fingerprint density at radius 2 is 1.87 bits per heavy atom. The lowest BCUT2D eigenvalue weighted by atomic mass is 9.65. The normalized spacial score (nSPS) is 30.7. The minimum absolute atomic E-state index is 0.382. The molecule has 0 amide bonds. The largest absolute Gasteiger partial charge is 0.389 e. The average molecular weight is 202 g/mol. The number of aryl methyl sites for hydroxylation is 1. The van der Waals surface area contributed by atoms with E-state index in [1.807, 2.05) is 0 Å². The maximum atomic E-state index is 10.6. The molecule has 0 aromatic heterocycles. The Morgan fingerprint density at radius 3 is 2.53 bits per heavy atom. The lowest BCUT2D eigenvalue weighted by Gasteiger charge is -2.44. The van der Waals surface area contributed by atoms with Crippen LogP contribution in [0.3, 0.4) is 0 Å². The highest BCUT2D eigenvalue weighted by atomic mass is 16.3. The quantitative estimate of drug-likeness (QED) is 0.742. The fourth-order valence-electron chi connectivity index (χ4n) is 3.04. The molecule has 1 fully saturated rings. The van der Waals surface area contributed by atoms with E-state index in [-0.39, 0.29) is 5.60 Å². The Labute approximate surface area is 91.1 Å². The first-order valence-corrected chi connectivity index (χ1v) is 6.07. The monoisotopic (exact) mass is 202 g/mol. The molecule has 1 atom stereocenters. The summed E-state index contributed by atoms with van der Waals surface area (Å²) in [6, 6.07) is 8.58. The summed E-state index contributed by atoms with van der Waals surface area (Å²) in [5.41, 5.74) is 2.44. The van der Waals surface area contributed by atoms with Gasteiger partial charge in [-0.1, -0.05) is 30.7 Å². The van der Waals surface area contributed by atoms with Crippen molar-refractivity contribution in [1.82, 2.24) is 0 Å². The molecule has 0 bridgehead atoms. The van der Waals surface area contributed by atoms with Gasteiger partial charge in [0.15, 0.2) is 0 Å². The fourth-order valence-corrected chi connectivity index (χ4v) is 3.04. The van der Waals surface area contributed by atoms with Gasteiger partial charge in [-0.25, -0.2) is 0 Å². The van der Waals surface area contributed by atoms with Crippen LogP contribution in [0.5, 0.6) is 0 Å². The van der Waals surface area contributed by atoms with E-state index in [1.54, 1.807) is 0 Å². The molecule has 1 unspecified atom stereocenters. The van der Waals surface area contributed by atoms with E-state index in [0.29, 0.717) is 5.92 Å². The van der Waals surface area contributed by atoms with Gasteiger partial charge in [-0.05, 0) is 42.7 Å². The molecule has 1 nitrogen and oxygen atoms in total. The summed E-state index contributed by atoms with van der Waals surface area (Å²) < 4.78 is 0. The Bertz CT molecular complexity index is 367. The van der Waals surface area contributed by atoms with Crippen LogP contribution in [0.2, 0.25) is 0 Å². The van der Waals surface area contributed by atoms with Crippen LogP contribution in [0, 0.1) is 5.92 Å². The molecule has 80 valence electrons. The zero-order valence-electron chi connectivity index (χ0n) is 9.08. The Balaban J connectivity index is 1.87. The SMILES string of the molecule is OC1(C2CCC2)CCc2ccccc2C1. The molecule has 0 spiro atoms. The molecule has 0 saturated heterocycles. The topological polar surface area (TPSA) is 20.2 Å². The third kappa shape index (κ3) is 1.50. The smallest absolute Gasteiger partial charge is 0.0719 e. The molecule has 1 aromatic rings. The molecule has 15 heavy (non-hydrogen) atoms. The number of hydrogen-bond donors (Lipinski definition) is 1. The van der Waals surface area contributed by atoms with Crippen LogP contribution in [0.1, 0.15) is 36.8 Å². The van der Waals surface area contributed by atoms with E-state index in [9.17, 15) is 5.11 Å². The number of aliphatic hydroxyl groups is 1. The Hall–Kier alpha value is -0.820. The van der Waals surface area contributed by atoms with Gasteiger partial charge in [0.25, 0.3) is 0 Å². The van der Waals surface area contributed by atoms with Gasteiger partial charge in [0.05, 0.1) is 5.60 Å². The number of fused-ring (bicyclic) bond motifs is 1. The van der Waals surface area contributed by atoms with Gasteiger partial charge in [0.2, 0.25) is 0 Å². The van der Waals surface area contributed by atoms with Gasteiger partial charge in [-0.2, -0.15) is 0 Å². The van der Waals surface area contributed by atoms with Gasteiger partial charge in [0.1, 0.15) is 0 Å². The molecule has 1 aromatic carbocycles. The second-order valence-electron chi connectivity index (χ2n) is 5.18. The highest BCUT2D eigenvalue weighted by molar-refractivity contribution is 5.32. The molecular weight excluding hydrogens is 184 g/mol. The van der Waals surface area contributed by atoms with E-state index in [1.165, 1.54) is 30.4 Å². The maximum Gasteiger partial charge on any atom is 0.0719 e. The maximum absolute atomic E-state index is 10.6. The summed E-state index contributed by atoms with van der Waals surface area (Å²) in [6.07, 6.45) is 6.69. The number of benzene rings is 1. The molecule has 2 aliphatic carbocycles. The van der Waals surface area contributed by atoms with E-state index < -0.39 is 0 Å². The molecule has 3 rings (SSSR count). The summed E-state index contributed by atoms with van der Waals surface area (Å²) >= 11 is 0. The van der Waals surface area contributed by atoms with Gasteiger partial charge in [-0.3, -0.25) is 0 Å². The standard InChI is InChI=1S/C14H18O/c15-14(13-6-3-7-13)9-8-11-4-1-2-5-12(11)10-14/h1-2,4-5,13,15H,3,6-10H2. The highest BCUT2D eigenvalue weighted by Gasteiger charge is 2.41. The summed E-state index contributed by atoms with van der Waals surface area (Å²) in [7, 11) is 0. The van der Waals surface area contributed by atoms with Gasteiger partial charge < -0.3 is 5.11 Å². The van der Waals surface area contributed by atoms with E-state index in [2.05, 4.69) is 24.3 Å². The van der Waals surface area contributed by atoms with Crippen LogP contribution in [0.15, 0.2) is 24.3 Å². The molecule has 2 aliphatic rings. The third-order valence-electron chi connectivity index (χ3n) is 4.31. The third-order valence-corrected chi connectivity index (χ3v) is 4.31. The minimum atomic E-state index is -0.382. The van der Waals surface area contributed by atoms with Crippen LogP contribution in [0.4, 0.5) is 0 Å². The molecule has 0 aliphatic heterocycles. The van der Waals surface area contributed by atoms with Crippen molar-refractivity contribution in [3.63, 3.8) is 0 Å². The number of rotatable bonds is 1. The second kappa shape index (κ2) is 3.34. The molecule has 1 saturated carbocycles. The van der Waals surface area contributed by atoms with Crippen LogP contribution in [0.25, 0.3) is 0 Å². The molecule has 1 N–H and O–H groups in total. The Morgan fingerprint density at radius 1 is 1.13 bits per heavy atom. The predicted molar refractivity (Wildman–Crippen MR) is 60.8 cm³/mol. The molecular formula is C14H18O. The number of hydrogen-bond acceptors (Lipinski definition) is 1. The lowest BCUT2D eigenvalue weighted by molar-refractivity contribution is -0.0603. The van der Waals surface area contributed by atoms with Crippen molar-refractivity contribution >= 4 is 0 Å². The predicted octanol–water partition coefficient (Wildman–Crippen LogP) is 2.71. The van der Waals surface area contributed by atoms with Crippen molar-refractivity contribution in [3.8, 4) is 0 Å². The zero-order valence-corrected chi connectivity index (χ0v) is 9.08. The van der Waals surface area contributed by atoms with Crippen molar-refractivity contribution < 1.29 is 5.11 Å².